The average Bonchev–Trinajstić information content (AvgIpc) is 3.18. The Bertz CT molecular complexity index is 1540. The molecule has 0 aliphatic rings. The summed E-state index contributed by atoms with van der Waals surface area (Å²) in [6.45, 7) is 7.80. The van der Waals surface area contributed by atoms with E-state index in [9.17, 15) is 17.6 Å². The number of aryl methyl sites for hydroxylation is 4. The lowest BCUT2D eigenvalue weighted by molar-refractivity contribution is 0.301. The lowest BCUT2D eigenvalue weighted by Gasteiger charge is -2.12. The Morgan fingerprint density at radius 3 is 1.20 bits per heavy atom. The summed E-state index contributed by atoms with van der Waals surface area (Å²) in [4.78, 5) is 0. The smallest absolute Gasteiger partial charge is 0.200 e. The van der Waals surface area contributed by atoms with Crippen molar-refractivity contribution in [3.8, 4) is 23.0 Å². The second-order valence-electron chi connectivity index (χ2n) is 14.1. The molecule has 4 aromatic rings. The van der Waals surface area contributed by atoms with Crippen LogP contribution in [0, 0.1) is 29.2 Å². The summed E-state index contributed by atoms with van der Waals surface area (Å²) in [5.74, 6) is -1.19. The molecule has 0 unspecified atom stereocenters. The maximum absolute atomic E-state index is 14.4. The van der Waals surface area contributed by atoms with Gasteiger partial charge in [0, 0.05) is 0 Å². The zero-order chi connectivity index (χ0) is 38.5. The largest absolute Gasteiger partial charge is 0.494 e. The fourth-order valence-corrected chi connectivity index (χ4v) is 6.55. The standard InChI is InChI=1S/C46H58F4O4/c1-4-51-41-30-24-37(43(47)45(41)49)22-16-35-18-26-39(27-19-35)53-32-12-8-6-10-14-34(3)15-11-7-9-13-33-54-40-28-20-36(21-29-40)17-23-38-25-31-42(52-5-2)46(50)44(38)48/h18-21,24-31,34H,4-17,22-23,32-33H2,1-3H3. The molecule has 294 valence electrons. The Morgan fingerprint density at radius 1 is 0.426 bits per heavy atom. The van der Waals surface area contributed by atoms with Gasteiger partial charge in [-0.3, -0.25) is 0 Å². The Hall–Kier alpha value is -4.20. The summed E-state index contributed by atoms with van der Waals surface area (Å²) < 4.78 is 79.1. The molecular weight excluding hydrogens is 692 g/mol. The molecule has 0 atom stereocenters. The summed E-state index contributed by atoms with van der Waals surface area (Å²) in [5.41, 5.74) is 2.79. The van der Waals surface area contributed by atoms with Crippen LogP contribution in [0.25, 0.3) is 0 Å². The van der Waals surface area contributed by atoms with Gasteiger partial charge >= 0.3 is 0 Å². The van der Waals surface area contributed by atoms with E-state index in [1.165, 1.54) is 50.7 Å². The van der Waals surface area contributed by atoms with E-state index in [-0.39, 0.29) is 11.5 Å². The molecule has 0 heterocycles. The Balaban J connectivity index is 0.962. The van der Waals surface area contributed by atoms with Crippen molar-refractivity contribution in [3.05, 3.63) is 118 Å². The van der Waals surface area contributed by atoms with Crippen LogP contribution in [0.2, 0.25) is 0 Å². The van der Waals surface area contributed by atoms with Gasteiger partial charge in [0.05, 0.1) is 26.4 Å². The fraction of sp³-hybridized carbons (Fsp3) is 0.478. The van der Waals surface area contributed by atoms with E-state index in [0.717, 1.165) is 54.2 Å². The lowest BCUT2D eigenvalue weighted by atomic mass is 9.96. The fourth-order valence-electron chi connectivity index (χ4n) is 6.55. The third kappa shape index (κ3) is 14.2. The molecule has 0 aliphatic heterocycles. The van der Waals surface area contributed by atoms with Crippen LogP contribution < -0.4 is 18.9 Å². The molecular formula is C46H58F4O4. The number of hydrogen-bond donors (Lipinski definition) is 0. The summed E-state index contributed by atoms with van der Waals surface area (Å²) in [5, 5.41) is 0. The number of ether oxygens (including phenoxy) is 4. The van der Waals surface area contributed by atoms with Gasteiger partial charge in [0.2, 0.25) is 11.6 Å². The van der Waals surface area contributed by atoms with E-state index in [0.29, 0.717) is 63.2 Å². The molecule has 0 N–H and O–H groups in total. The van der Waals surface area contributed by atoms with Crippen molar-refractivity contribution in [2.45, 2.75) is 111 Å². The van der Waals surface area contributed by atoms with Crippen LogP contribution in [-0.4, -0.2) is 26.4 Å². The third-order valence-electron chi connectivity index (χ3n) is 9.79. The summed E-state index contributed by atoms with van der Waals surface area (Å²) in [6, 6.07) is 21.9. The molecule has 0 spiro atoms. The lowest BCUT2D eigenvalue weighted by Crippen LogP contribution is -2.02. The first kappa shape index (κ1) is 42.5. The SMILES string of the molecule is CCOc1ccc(CCc2ccc(OCCCCCCC(C)CCCCCCOc3ccc(CCc4ccc(OCC)c(F)c4F)cc3)cc2)c(F)c1F. The van der Waals surface area contributed by atoms with Gasteiger partial charge in [-0.15, -0.1) is 0 Å². The molecule has 0 aliphatic carbocycles. The second-order valence-corrected chi connectivity index (χ2v) is 14.1. The van der Waals surface area contributed by atoms with Crippen molar-refractivity contribution in [1.29, 1.82) is 0 Å². The van der Waals surface area contributed by atoms with Crippen LogP contribution in [0.5, 0.6) is 23.0 Å². The van der Waals surface area contributed by atoms with Crippen LogP contribution >= 0.6 is 0 Å². The molecule has 4 aromatic carbocycles. The molecule has 0 bridgehead atoms. The number of benzene rings is 4. The highest BCUT2D eigenvalue weighted by molar-refractivity contribution is 5.34. The van der Waals surface area contributed by atoms with Crippen molar-refractivity contribution in [3.63, 3.8) is 0 Å². The molecule has 0 amide bonds. The van der Waals surface area contributed by atoms with Crippen LogP contribution in [0.4, 0.5) is 17.6 Å². The summed E-state index contributed by atoms with van der Waals surface area (Å²) in [6.07, 6.45) is 13.9. The normalized spacial score (nSPS) is 11.3. The monoisotopic (exact) mass is 750 g/mol. The van der Waals surface area contributed by atoms with Gasteiger partial charge in [-0.25, -0.2) is 8.78 Å². The van der Waals surface area contributed by atoms with Crippen LogP contribution in [-0.2, 0) is 25.7 Å². The van der Waals surface area contributed by atoms with E-state index >= 15 is 0 Å². The zero-order valence-corrected chi connectivity index (χ0v) is 32.4. The number of hydrogen-bond acceptors (Lipinski definition) is 4. The first-order chi connectivity index (χ1) is 26.3. The van der Waals surface area contributed by atoms with E-state index in [1.807, 2.05) is 48.5 Å². The van der Waals surface area contributed by atoms with Crippen LogP contribution in [0.3, 0.4) is 0 Å². The Morgan fingerprint density at radius 2 is 0.815 bits per heavy atom. The highest BCUT2D eigenvalue weighted by Gasteiger charge is 2.15. The van der Waals surface area contributed by atoms with E-state index in [2.05, 4.69) is 6.92 Å². The van der Waals surface area contributed by atoms with Gasteiger partial charge in [0.25, 0.3) is 0 Å². The molecule has 54 heavy (non-hydrogen) atoms. The maximum Gasteiger partial charge on any atom is 0.200 e. The number of rotatable bonds is 26. The zero-order valence-electron chi connectivity index (χ0n) is 32.4. The van der Waals surface area contributed by atoms with Gasteiger partial charge in [-0.2, -0.15) is 8.78 Å². The third-order valence-corrected chi connectivity index (χ3v) is 9.79. The minimum absolute atomic E-state index is 0.0462. The van der Waals surface area contributed by atoms with E-state index in [1.54, 1.807) is 26.0 Å². The molecule has 0 saturated heterocycles. The van der Waals surface area contributed by atoms with Crippen molar-refractivity contribution in [1.82, 2.24) is 0 Å². The van der Waals surface area contributed by atoms with Crippen molar-refractivity contribution < 1.29 is 36.5 Å². The van der Waals surface area contributed by atoms with Crippen molar-refractivity contribution in [2.75, 3.05) is 26.4 Å². The van der Waals surface area contributed by atoms with Gasteiger partial charge in [0.1, 0.15) is 11.5 Å². The average molecular weight is 751 g/mol. The second kappa shape index (κ2) is 23.6. The Kier molecular flexibility index (Phi) is 18.6. The maximum atomic E-state index is 14.4. The van der Waals surface area contributed by atoms with E-state index < -0.39 is 23.3 Å². The minimum Gasteiger partial charge on any atom is -0.494 e. The molecule has 4 rings (SSSR count). The van der Waals surface area contributed by atoms with Gasteiger partial charge < -0.3 is 18.9 Å². The Labute approximate surface area is 320 Å². The van der Waals surface area contributed by atoms with Gasteiger partial charge in [0.15, 0.2) is 23.1 Å². The topological polar surface area (TPSA) is 36.9 Å². The highest BCUT2D eigenvalue weighted by Crippen LogP contribution is 2.26. The summed E-state index contributed by atoms with van der Waals surface area (Å²) >= 11 is 0. The first-order valence-electron chi connectivity index (χ1n) is 19.9. The molecule has 0 aromatic heterocycles. The van der Waals surface area contributed by atoms with Crippen molar-refractivity contribution in [2.24, 2.45) is 5.92 Å². The number of unbranched alkanes of at least 4 members (excludes halogenated alkanes) is 6. The molecule has 0 saturated carbocycles. The van der Waals surface area contributed by atoms with Crippen LogP contribution in [0.1, 0.15) is 107 Å². The molecule has 0 fully saturated rings. The van der Waals surface area contributed by atoms with Gasteiger partial charge in [-0.1, -0.05) is 94.7 Å². The van der Waals surface area contributed by atoms with E-state index in [4.69, 9.17) is 18.9 Å². The quantitative estimate of drug-likeness (QED) is 0.0473. The molecule has 4 nitrogen and oxygen atoms in total. The number of halogens is 4. The summed E-state index contributed by atoms with van der Waals surface area (Å²) in [7, 11) is 0. The highest BCUT2D eigenvalue weighted by atomic mass is 19.2. The predicted molar refractivity (Wildman–Crippen MR) is 209 cm³/mol. The van der Waals surface area contributed by atoms with Crippen molar-refractivity contribution >= 4 is 0 Å². The minimum atomic E-state index is -0.920. The first-order valence-corrected chi connectivity index (χ1v) is 19.9. The molecule has 0 radical (unpaired) electrons. The van der Waals surface area contributed by atoms with Crippen LogP contribution in [0.15, 0.2) is 72.8 Å². The molecule has 8 heteroatoms. The predicted octanol–water partition coefficient (Wildman–Crippen LogP) is 12.6. The van der Waals surface area contributed by atoms with Gasteiger partial charge in [-0.05, 0) is 117 Å².